The number of ketones is 1. The van der Waals surface area contributed by atoms with Crippen LogP contribution in [0.3, 0.4) is 0 Å². The van der Waals surface area contributed by atoms with Crippen LogP contribution in [0.2, 0.25) is 0 Å². The Balaban J connectivity index is 0.000000203. The second kappa shape index (κ2) is 6.44. The molecule has 1 saturated heterocycles. The van der Waals surface area contributed by atoms with Crippen molar-refractivity contribution in [3.8, 4) is 0 Å². The number of carbonyl (C=O) groups is 1. The molecule has 0 spiro atoms. The molecule has 4 N–H and O–H groups in total. The molecule has 0 amide bonds. The van der Waals surface area contributed by atoms with Gasteiger partial charge in [0.15, 0.2) is 0 Å². The minimum atomic E-state index is -4.08. The lowest BCUT2D eigenvalue weighted by Gasteiger charge is -2.35. The highest BCUT2D eigenvalue weighted by Gasteiger charge is 2.65. The van der Waals surface area contributed by atoms with Crippen molar-refractivity contribution in [1.29, 1.82) is 0 Å². The predicted octanol–water partition coefficient (Wildman–Crippen LogP) is 0.0200. The first kappa shape index (κ1) is 18.9. The van der Waals surface area contributed by atoms with Gasteiger partial charge in [0.2, 0.25) is 0 Å². The van der Waals surface area contributed by atoms with Crippen LogP contribution in [0.1, 0.15) is 46.0 Å². The third-order valence-electron chi connectivity index (χ3n) is 6.03. The van der Waals surface area contributed by atoms with Crippen LogP contribution in [0, 0.1) is 16.7 Å². The molecule has 9 heteroatoms. The lowest BCUT2D eigenvalue weighted by atomic mass is 9.70. The highest BCUT2D eigenvalue weighted by atomic mass is 32.2. The summed E-state index contributed by atoms with van der Waals surface area (Å²) in [6.45, 7) is 4.81. The molecular formula is C14H26BNO6S. The highest BCUT2D eigenvalue weighted by Crippen LogP contribution is 2.64. The van der Waals surface area contributed by atoms with Crippen molar-refractivity contribution in [2.24, 2.45) is 16.7 Å². The first-order valence-electron chi connectivity index (χ1n) is 8.07. The van der Waals surface area contributed by atoms with Crippen LogP contribution < -0.4 is 5.32 Å². The molecule has 2 saturated carbocycles. The number of carbonyl (C=O) groups excluding carboxylic acids is 1. The summed E-state index contributed by atoms with van der Waals surface area (Å²) in [5.41, 5.74) is -1.12. The Morgan fingerprint density at radius 1 is 1.30 bits per heavy atom. The normalized spacial score (nSPS) is 35.1. The fraction of sp³-hybridized carbons (Fsp3) is 0.929. The zero-order valence-electron chi connectivity index (χ0n) is 13.7. The van der Waals surface area contributed by atoms with E-state index < -0.39 is 28.4 Å². The van der Waals surface area contributed by atoms with Gasteiger partial charge < -0.3 is 15.4 Å². The summed E-state index contributed by atoms with van der Waals surface area (Å²) in [5, 5.41) is 20.0. The average molecular weight is 347 g/mol. The molecule has 1 unspecified atom stereocenters. The van der Waals surface area contributed by atoms with Crippen molar-refractivity contribution in [3.05, 3.63) is 0 Å². The number of hydrogen-bond donors (Lipinski definition) is 4. The molecule has 2 aliphatic carbocycles. The SMILES string of the molecule is CC1(C)[C@@H]2CC[C@@]1(CS(=O)(=O)O)C(=O)C2.OB(O)C1CCCN1. The minimum Gasteiger partial charge on any atom is -0.426 e. The van der Waals surface area contributed by atoms with E-state index in [1.165, 1.54) is 0 Å². The zero-order chi connectivity index (χ0) is 17.5. The Labute approximate surface area is 137 Å². The van der Waals surface area contributed by atoms with E-state index in [4.69, 9.17) is 14.6 Å². The van der Waals surface area contributed by atoms with Gasteiger partial charge in [0, 0.05) is 12.4 Å². The summed E-state index contributed by atoms with van der Waals surface area (Å²) in [4.78, 5) is 11.9. The van der Waals surface area contributed by atoms with Crippen molar-refractivity contribution < 1.29 is 27.8 Å². The quantitative estimate of drug-likeness (QED) is 0.419. The molecule has 0 aromatic carbocycles. The lowest BCUT2D eigenvalue weighted by molar-refractivity contribution is -0.128. The van der Waals surface area contributed by atoms with Crippen LogP contribution >= 0.6 is 0 Å². The molecule has 3 atom stereocenters. The minimum absolute atomic E-state index is 0.0152. The molecule has 0 aromatic rings. The van der Waals surface area contributed by atoms with Crippen LogP contribution in [0.15, 0.2) is 0 Å². The van der Waals surface area contributed by atoms with Crippen LogP contribution in [0.4, 0.5) is 0 Å². The maximum Gasteiger partial charge on any atom is 0.469 e. The van der Waals surface area contributed by atoms with E-state index in [1.807, 2.05) is 13.8 Å². The van der Waals surface area contributed by atoms with Crippen LogP contribution in [0.5, 0.6) is 0 Å². The first-order chi connectivity index (χ1) is 10.5. The fourth-order valence-corrected chi connectivity index (χ4v) is 5.69. The Morgan fingerprint density at radius 3 is 2.26 bits per heavy atom. The van der Waals surface area contributed by atoms with Crippen LogP contribution in [-0.4, -0.2) is 54.2 Å². The molecule has 7 nitrogen and oxygen atoms in total. The van der Waals surface area contributed by atoms with Gasteiger partial charge in [-0.25, -0.2) is 0 Å². The van der Waals surface area contributed by atoms with Crippen molar-refractivity contribution >= 4 is 23.0 Å². The molecule has 3 fully saturated rings. The fourth-order valence-electron chi connectivity index (χ4n) is 4.39. The number of nitrogens with one attached hydrogen (secondary N) is 1. The van der Waals surface area contributed by atoms with Gasteiger partial charge >= 0.3 is 7.12 Å². The lowest BCUT2D eigenvalue weighted by Crippen LogP contribution is -2.42. The Bertz CT molecular complexity index is 558. The van der Waals surface area contributed by atoms with Crippen molar-refractivity contribution in [2.45, 2.75) is 51.9 Å². The van der Waals surface area contributed by atoms with Gasteiger partial charge in [-0.3, -0.25) is 9.35 Å². The van der Waals surface area contributed by atoms with Gasteiger partial charge in [-0.05, 0) is 43.6 Å². The van der Waals surface area contributed by atoms with E-state index in [1.54, 1.807) is 0 Å². The summed E-state index contributed by atoms with van der Waals surface area (Å²) in [6, 6.07) is 0. The Morgan fingerprint density at radius 2 is 1.96 bits per heavy atom. The number of fused-ring (bicyclic) bond motifs is 2. The molecular weight excluding hydrogens is 321 g/mol. The van der Waals surface area contributed by atoms with E-state index >= 15 is 0 Å². The maximum absolute atomic E-state index is 11.9. The summed E-state index contributed by atoms with van der Waals surface area (Å²) in [6.07, 6.45) is 3.92. The number of hydrogen-bond acceptors (Lipinski definition) is 6. The molecule has 3 rings (SSSR count). The van der Waals surface area contributed by atoms with Gasteiger partial charge in [0.05, 0.1) is 11.2 Å². The van der Waals surface area contributed by atoms with E-state index in [-0.39, 0.29) is 23.1 Å². The predicted molar refractivity (Wildman–Crippen MR) is 86.2 cm³/mol. The smallest absolute Gasteiger partial charge is 0.426 e. The molecule has 3 aliphatic rings. The van der Waals surface area contributed by atoms with Gasteiger partial charge in [-0.2, -0.15) is 8.42 Å². The molecule has 2 bridgehead atoms. The van der Waals surface area contributed by atoms with E-state index in [9.17, 15) is 13.2 Å². The van der Waals surface area contributed by atoms with Gasteiger partial charge in [0.1, 0.15) is 5.78 Å². The monoisotopic (exact) mass is 347 g/mol. The summed E-state index contributed by atoms with van der Waals surface area (Å²) in [7, 11) is -5.25. The first-order valence-corrected chi connectivity index (χ1v) is 9.68. The molecule has 1 heterocycles. The highest BCUT2D eigenvalue weighted by molar-refractivity contribution is 7.85. The van der Waals surface area contributed by atoms with Crippen molar-refractivity contribution in [2.75, 3.05) is 12.3 Å². The second-order valence-electron chi connectivity index (χ2n) is 7.51. The number of Topliss-reactive ketones (excluding diaryl/α,β-unsaturated/α-hetero) is 1. The van der Waals surface area contributed by atoms with Crippen molar-refractivity contribution in [3.63, 3.8) is 0 Å². The molecule has 132 valence electrons. The average Bonchev–Trinajstić information content (AvgIpc) is 3.04. The Kier molecular flexibility index (Phi) is 5.28. The van der Waals surface area contributed by atoms with E-state index in [0.29, 0.717) is 12.8 Å². The topological polar surface area (TPSA) is 124 Å². The molecule has 1 aliphatic heterocycles. The standard InChI is InChI=1S/C10H16O4S.C4H10BNO2/c1-9(2)7-3-4-10(9,8(11)5-7)6-15(12,13)14;7-5(8)4-2-1-3-6-4/h7H,3-6H2,1-2H3,(H,12,13,14);4,6-8H,1-3H2/t7-,10-;/m1./s1. The van der Waals surface area contributed by atoms with E-state index in [2.05, 4.69) is 5.32 Å². The van der Waals surface area contributed by atoms with Gasteiger partial charge in [0.25, 0.3) is 10.1 Å². The second-order valence-corrected chi connectivity index (χ2v) is 8.96. The van der Waals surface area contributed by atoms with Gasteiger partial charge in [-0.15, -0.1) is 0 Å². The van der Waals surface area contributed by atoms with E-state index in [0.717, 1.165) is 25.8 Å². The van der Waals surface area contributed by atoms with Gasteiger partial charge in [-0.1, -0.05) is 13.8 Å². The molecule has 0 radical (unpaired) electrons. The number of rotatable bonds is 3. The van der Waals surface area contributed by atoms with Crippen molar-refractivity contribution in [1.82, 2.24) is 5.32 Å². The third kappa shape index (κ3) is 3.63. The summed E-state index contributed by atoms with van der Waals surface area (Å²) < 4.78 is 31.0. The maximum atomic E-state index is 11.9. The third-order valence-corrected chi connectivity index (χ3v) is 6.88. The van der Waals surface area contributed by atoms with Crippen LogP contribution in [0.25, 0.3) is 0 Å². The molecule has 0 aromatic heterocycles. The molecule has 23 heavy (non-hydrogen) atoms. The van der Waals surface area contributed by atoms with Crippen LogP contribution in [-0.2, 0) is 14.9 Å². The summed E-state index contributed by atoms with van der Waals surface area (Å²) in [5.74, 6) is -0.175. The Hall–Kier alpha value is -0.475. The zero-order valence-corrected chi connectivity index (χ0v) is 14.5. The summed E-state index contributed by atoms with van der Waals surface area (Å²) >= 11 is 0. The largest absolute Gasteiger partial charge is 0.469 e.